The van der Waals surface area contributed by atoms with Gasteiger partial charge in [0, 0.05) is 56.6 Å². The van der Waals surface area contributed by atoms with E-state index in [4.69, 9.17) is 0 Å². The summed E-state index contributed by atoms with van der Waals surface area (Å²) in [5.41, 5.74) is 1.21. The van der Waals surface area contributed by atoms with E-state index in [2.05, 4.69) is 14.6 Å². The minimum absolute atomic E-state index is 0.0744. The molecule has 0 unspecified atom stereocenters. The second-order valence-corrected chi connectivity index (χ2v) is 10.4. The van der Waals surface area contributed by atoms with E-state index in [-0.39, 0.29) is 28.1 Å². The van der Waals surface area contributed by atoms with Crippen LogP contribution in [0.2, 0.25) is 0 Å². The number of para-hydroxylation sites is 1. The Morgan fingerprint density at radius 1 is 1.09 bits per heavy atom. The van der Waals surface area contributed by atoms with Crippen LogP contribution in [0.15, 0.2) is 77.8 Å². The van der Waals surface area contributed by atoms with Crippen molar-refractivity contribution in [1.82, 2.24) is 14.8 Å². The van der Waals surface area contributed by atoms with Gasteiger partial charge >= 0.3 is 0 Å². The Kier molecular flexibility index (Phi) is 7.77. The number of halogens is 1. The zero-order chi connectivity index (χ0) is 24.8. The molecule has 7 nitrogen and oxygen atoms in total. The summed E-state index contributed by atoms with van der Waals surface area (Å²) >= 11 is 0. The van der Waals surface area contributed by atoms with E-state index < -0.39 is 15.8 Å². The molecule has 1 amide bonds. The summed E-state index contributed by atoms with van der Waals surface area (Å²) in [4.78, 5) is 21.5. The second-order valence-electron chi connectivity index (χ2n) is 8.67. The number of nitrogens with zero attached hydrogens (tertiary/aromatic N) is 3. The van der Waals surface area contributed by atoms with Crippen molar-refractivity contribution < 1.29 is 17.6 Å². The number of hydrogen-bond acceptors (Lipinski definition) is 5. The maximum absolute atomic E-state index is 13.9. The Bertz CT molecular complexity index is 1260. The lowest BCUT2D eigenvalue weighted by Gasteiger charge is -2.36. The Balaban J connectivity index is 1.36. The van der Waals surface area contributed by atoms with Gasteiger partial charge in [0.05, 0.1) is 10.6 Å². The summed E-state index contributed by atoms with van der Waals surface area (Å²) in [6.45, 7) is 2.70. The number of amides is 1. The third kappa shape index (κ3) is 6.23. The van der Waals surface area contributed by atoms with Gasteiger partial charge in [-0.05, 0) is 55.3 Å². The molecule has 0 bridgehead atoms. The normalized spacial score (nSPS) is 15.0. The molecule has 1 N–H and O–H groups in total. The first-order valence-corrected chi connectivity index (χ1v) is 13.1. The average Bonchev–Trinajstić information content (AvgIpc) is 2.89. The smallest absolute Gasteiger partial charge is 0.262 e. The first kappa shape index (κ1) is 24.8. The van der Waals surface area contributed by atoms with Gasteiger partial charge in [-0.2, -0.15) is 0 Å². The lowest BCUT2D eigenvalue weighted by molar-refractivity contribution is 0.0643. The van der Waals surface area contributed by atoms with Crippen LogP contribution < -0.4 is 4.72 Å². The molecule has 0 aliphatic carbocycles. The minimum Gasteiger partial charge on any atom is -0.339 e. The average molecular weight is 497 g/mol. The molecule has 184 valence electrons. The molecule has 4 rings (SSSR count). The van der Waals surface area contributed by atoms with Crippen LogP contribution in [0.1, 0.15) is 28.9 Å². The van der Waals surface area contributed by atoms with Gasteiger partial charge in [0.15, 0.2) is 0 Å². The van der Waals surface area contributed by atoms with Crippen molar-refractivity contribution in [2.45, 2.75) is 30.2 Å². The van der Waals surface area contributed by atoms with Crippen molar-refractivity contribution >= 4 is 21.6 Å². The van der Waals surface area contributed by atoms with Gasteiger partial charge in [-0.3, -0.25) is 14.5 Å². The van der Waals surface area contributed by atoms with E-state index in [0.29, 0.717) is 0 Å². The first-order valence-electron chi connectivity index (χ1n) is 11.6. The van der Waals surface area contributed by atoms with Crippen LogP contribution in [-0.4, -0.2) is 61.8 Å². The van der Waals surface area contributed by atoms with E-state index in [1.165, 1.54) is 36.4 Å². The topological polar surface area (TPSA) is 82.6 Å². The van der Waals surface area contributed by atoms with E-state index in [0.717, 1.165) is 44.6 Å². The molecule has 0 saturated carbocycles. The molecule has 0 spiro atoms. The predicted molar refractivity (Wildman–Crippen MR) is 133 cm³/mol. The van der Waals surface area contributed by atoms with Gasteiger partial charge in [-0.15, -0.1) is 0 Å². The monoisotopic (exact) mass is 496 g/mol. The zero-order valence-electron chi connectivity index (χ0n) is 19.6. The molecule has 1 aliphatic heterocycles. The second kappa shape index (κ2) is 11.0. The number of piperidine rings is 1. The summed E-state index contributed by atoms with van der Waals surface area (Å²) in [6, 6.07) is 17.4. The fourth-order valence-corrected chi connectivity index (χ4v) is 5.38. The number of sulfonamides is 1. The molecule has 1 aliphatic rings. The highest BCUT2D eigenvalue weighted by molar-refractivity contribution is 7.92. The van der Waals surface area contributed by atoms with Crippen molar-refractivity contribution in [3.05, 3.63) is 90.0 Å². The highest BCUT2D eigenvalue weighted by Crippen LogP contribution is 2.22. The maximum Gasteiger partial charge on any atom is 0.262 e. The molecular formula is C26H29FN4O3S. The number of benzene rings is 2. The maximum atomic E-state index is 13.9. The van der Waals surface area contributed by atoms with Gasteiger partial charge < -0.3 is 9.80 Å². The number of anilines is 1. The van der Waals surface area contributed by atoms with E-state index in [1.807, 2.05) is 18.2 Å². The Labute approximate surface area is 205 Å². The summed E-state index contributed by atoms with van der Waals surface area (Å²) in [5.74, 6) is -0.908. The summed E-state index contributed by atoms with van der Waals surface area (Å²) < 4.78 is 41.8. The molecule has 1 fully saturated rings. The zero-order valence-corrected chi connectivity index (χ0v) is 20.4. The SMILES string of the molecule is CN(C(=O)c1cccc(S(=O)(=O)Nc2ccccc2F)c1)C1CCN(CCc2ccccn2)CC1. The van der Waals surface area contributed by atoms with E-state index >= 15 is 0 Å². The van der Waals surface area contributed by atoms with Crippen molar-refractivity contribution in [2.24, 2.45) is 0 Å². The van der Waals surface area contributed by atoms with Gasteiger partial charge in [-0.25, -0.2) is 12.8 Å². The van der Waals surface area contributed by atoms with Gasteiger partial charge in [0.25, 0.3) is 15.9 Å². The fourth-order valence-electron chi connectivity index (χ4n) is 4.26. The number of rotatable bonds is 8. The highest BCUT2D eigenvalue weighted by Gasteiger charge is 2.27. The predicted octanol–water partition coefficient (Wildman–Crippen LogP) is 3.80. The van der Waals surface area contributed by atoms with E-state index in [9.17, 15) is 17.6 Å². The lowest BCUT2D eigenvalue weighted by atomic mass is 10.0. The number of likely N-dealkylation sites (tertiary alicyclic amines) is 1. The standard InChI is InChI=1S/C26H29FN4O3S/c1-30(22-13-17-31(18-14-22)16-12-21-8-4-5-15-28-21)26(32)20-7-6-9-23(19-20)35(33,34)29-25-11-3-2-10-24(25)27/h2-11,15,19,22,29H,12-14,16-18H2,1H3. The van der Waals surface area contributed by atoms with Crippen molar-refractivity contribution in [3.63, 3.8) is 0 Å². The molecule has 9 heteroatoms. The Morgan fingerprint density at radius 3 is 2.54 bits per heavy atom. The van der Waals surface area contributed by atoms with Gasteiger partial charge in [-0.1, -0.05) is 24.3 Å². The number of carbonyl (C=O) groups is 1. The number of carbonyl (C=O) groups excluding carboxylic acids is 1. The highest BCUT2D eigenvalue weighted by atomic mass is 32.2. The minimum atomic E-state index is -4.05. The van der Waals surface area contributed by atoms with Gasteiger partial charge in [0.2, 0.25) is 0 Å². The molecule has 0 atom stereocenters. The van der Waals surface area contributed by atoms with E-state index in [1.54, 1.807) is 30.3 Å². The first-order chi connectivity index (χ1) is 16.8. The largest absolute Gasteiger partial charge is 0.339 e. The quantitative estimate of drug-likeness (QED) is 0.513. The fraction of sp³-hybridized carbons (Fsp3) is 0.308. The van der Waals surface area contributed by atoms with Crippen LogP contribution in [0, 0.1) is 5.82 Å². The molecule has 1 aromatic heterocycles. The lowest BCUT2D eigenvalue weighted by Crippen LogP contribution is -2.46. The van der Waals surface area contributed by atoms with Crippen molar-refractivity contribution in [1.29, 1.82) is 0 Å². The van der Waals surface area contributed by atoms with Crippen LogP contribution in [0.25, 0.3) is 0 Å². The summed E-state index contributed by atoms with van der Waals surface area (Å²) in [7, 11) is -2.29. The molecule has 0 radical (unpaired) electrons. The third-order valence-corrected chi connectivity index (χ3v) is 7.71. The Morgan fingerprint density at radius 2 is 1.83 bits per heavy atom. The number of hydrogen-bond donors (Lipinski definition) is 1. The molecule has 3 aromatic rings. The van der Waals surface area contributed by atoms with Crippen LogP contribution in [0.4, 0.5) is 10.1 Å². The summed E-state index contributed by atoms with van der Waals surface area (Å²) in [6.07, 6.45) is 4.38. The van der Waals surface area contributed by atoms with Crippen molar-refractivity contribution in [2.75, 3.05) is 31.4 Å². The van der Waals surface area contributed by atoms with Crippen LogP contribution in [0.5, 0.6) is 0 Å². The molecule has 2 aromatic carbocycles. The number of nitrogens with one attached hydrogen (secondary N) is 1. The number of aromatic nitrogens is 1. The number of pyridine rings is 1. The van der Waals surface area contributed by atoms with Crippen molar-refractivity contribution in [3.8, 4) is 0 Å². The summed E-state index contributed by atoms with van der Waals surface area (Å²) in [5, 5.41) is 0. The molecule has 35 heavy (non-hydrogen) atoms. The van der Waals surface area contributed by atoms with Crippen LogP contribution in [0.3, 0.4) is 0 Å². The molecular weight excluding hydrogens is 467 g/mol. The Hall–Kier alpha value is -3.30. The van der Waals surface area contributed by atoms with Gasteiger partial charge in [0.1, 0.15) is 5.82 Å². The molecule has 1 saturated heterocycles. The molecule has 2 heterocycles. The van der Waals surface area contributed by atoms with Crippen LogP contribution in [-0.2, 0) is 16.4 Å². The van der Waals surface area contributed by atoms with Crippen LogP contribution >= 0.6 is 0 Å². The third-order valence-electron chi connectivity index (χ3n) is 6.34.